The van der Waals surface area contributed by atoms with Crippen molar-refractivity contribution in [1.82, 2.24) is 0 Å². The Morgan fingerprint density at radius 3 is 2.23 bits per heavy atom. The molecule has 3 aromatic carbocycles. The SMILES string of the molecule is CCc1ccc(C(=O)C[C@@]2(O)C(=O)N(Cc3ccc(C)cc3)c3ccccc32)cc1. The number of hydrogen-bond acceptors (Lipinski definition) is 3. The molecule has 4 heteroatoms. The molecule has 1 atom stereocenters. The summed E-state index contributed by atoms with van der Waals surface area (Å²) in [5.74, 6) is -0.705. The van der Waals surface area contributed by atoms with Gasteiger partial charge in [0.05, 0.1) is 18.7 Å². The first-order valence-corrected chi connectivity index (χ1v) is 10.2. The van der Waals surface area contributed by atoms with Gasteiger partial charge in [-0.1, -0.05) is 79.2 Å². The number of para-hydroxylation sites is 1. The molecule has 0 bridgehead atoms. The van der Waals surface area contributed by atoms with E-state index in [-0.39, 0.29) is 12.2 Å². The molecule has 0 saturated heterocycles. The summed E-state index contributed by atoms with van der Waals surface area (Å²) in [5, 5.41) is 11.4. The van der Waals surface area contributed by atoms with Crippen LogP contribution >= 0.6 is 0 Å². The van der Waals surface area contributed by atoms with Gasteiger partial charge in [-0.05, 0) is 30.5 Å². The van der Waals surface area contributed by atoms with Gasteiger partial charge in [0.25, 0.3) is 5.91 Å². The average Bonchev–Trinajstić information content (AvgIpc) is 2.97. The fraction of sp³-hybridized carbons (Fsp3) is 0.231. The van der Waals surface area contributed by atoms with Crippen molar-refractivity contribution in [2.45, 2.75) is 38.8 Å². The number of ketones is 1. The van der Waals surface area contributed by atoms with Gasteiger partial charge in [0.15, 0.2) is 11.4 Å². The van der Waals surface area contributed by atoms with Gasteiger partial charge in [0.2, 0.25) is 0 Å². The fourth-order valence-corrected chi connectivity index (χ4v) is 3.97. The van der Waals surface area contributed by atoms with Crippen LogP contribution in [0.15, 0.2) is 72.8 Å². The number of hydrogen-bond donors (Lipinski definition) is 1. The minimum atomic E-state index is -1.86. The van der Waals surface area contributed by atoms with Crippen molar-refractivity contribution in [2.75, 3.05) is 4.90 Å². The van der Waals surface area contributed by atoms with Crippen molar-refractivity contribution in [3.8, 4) is 0 Å². The summed E-state index contributed by atoms with van der Waals surface area (Å²) >= 11 is 0. The molecule has 152 valence electrons. The van der Waals surface area contributed by atoms with E-state index in [0.717, 1.165) is 23.1 Å². The third kappa shape index (κ3) is 3.55. The molecular formula is C26H25NO3. The summed E-state index contributed by atoms with van der Waals surface area (Å²) in [7, 11) is 0. The zero-order valence-corrected chi connectivity index (χ0v) is 17.3. The third-order valence-corrected chi connectivity index (χ3v) is 5.80. The second kappa shape index (κ2) is 7.88. The number of aliphatic hydroxyl groups is 1. The minimum absolute atomic E-state index is 0.250. The number of fused-ring (bicyclic) bond motifs is 1. The Hall–Kier alpha value is -3.24. The number of aryl methyl sites for hydroxylation is 2. The maximum Gasteiger partial charge on any atom is 0.264 e. The lowest BCUT2D eigenvalue weighted by molar-refractivity contribution is -0.136. The topological polar surface area (TPSA) is 57.6 Å². The largest absolute Gasteiger partial charge is 0.375 e. The van der Waals surface area contributed by atoms with E-state index in [4.69, 9.17) is 0 Å². The van der Waals surface area contributed by atoms with Crippen LogP contribution in [0.3, 0.4) is 0 Å². The molecule has 30 heavy (non-hydrogen) atoms. The Labute approximate surface area is 176 Å². The van der Waals surface area contributed by atoms with Crippen molar-refractivity contribution in [1.29, 1.82) is 0 Å². The van der Waals surface area contributed by atoms with Gasteiger partial charge in [0.1, 0.15) is 0 Å². The van der Waals surface area contributed by atoms with Gasteiger partial charge < -0.3 is 10.0 Å². The summed E-state index contributed by atoms with van der Waals surface area (Å²) in [6, 6.07) is 22.5. The zero-order valence-electron chi connectivity index (χ0n) is 17.3. The number of amides is 1. The first-order valence-electron chi connectivity index (χ1n) is 10.2. The minimum Gasteiger partial charge on any atom is -0.375 e. The number of Topliss-reactive ketones (excluding diaryl/α,β-unsaturated/α-hetero) is 1. The van der Waals surface area contributed by atoms with Crippen LogP contribution in [0.5, 0.6) is 0 Å². The van der Waals surface area contributed by atoms with Crippen LogP contribution < -0.4 is 4.90 Å². The Morgan fingerprint density at radius 2 is 1.57 bits per heavy atom. The molecule has 0 spiro atoms. The van der Waals surface area contributed by atoms with E-state index in [0.29, 0.717) is 23.4 Å². The summed E-state index contributed by atoms with van der Waals surface area (Å²) < 4.78 is 0. The number of carbonyl (C=O) groups is 2. The maximum atomic E-state index is 13.3. The molecule has 0 radical (unpaired) electrons. The Morgan fingerprint density at radius 1 is 0.933 bits per heavy atom. The second-order valence-electron chi connectivity index (χ2n) is 7.90. The summed E-state index contributed by atoms with van der Waals surface area (Å²) in [6.45, 7) is 4.41. The lowest BCUT2D eigenvalue weighted by atomic mass is 9.88. The van der Waals surface area contributed by atoms with E-state index in [1.807, 2.05) is 55.5 Å². The van der Waals surface area contributed by atoms with Crippen LogP contribution in [0.1, 0.15) is 46.0 Å². The molecule has 0 unspecified atom stereocenters. The van der Waals surface area contributed by atoms with Gasteiger partial charge in [-0.3, -0.25) is 9.59 Å². The quantitative estimate of drug-likeness (QED) is 0.618. The monoisotopic (exact) mass is 399 g/mol. The van der Waals surface area contributed by atoms with Crippen molar-refractivity contribution in [2.24, 2.45) is 0 Å². The van der Waals surface area contributed by atoms with E-state index in [1.165, 1.54) is 0 Å². The highest BCUT2D eigenvalue weighted by molar-refractivity contribution is 6.10. The fourth-order valence-electron chi connectivity index (χ4n) is 3.97. The number of anilines is 1. The van der Waals surface area contributed by atoms with Crippen LogP contribution in [0, 0.1) is 6.92 Å². The van der Waals surface area contributed by atoms with Gasteiger partial charge in [-0.15, -0.1) is 0 Å². The van der Waals surface area contributed by atoms with Crippen LogP contribution in [-0.4, -0.2) is 16.8 Å². The van der Waals surface area contributed by atoms with Gasteiger partial charge in [0, 0.05) is 11.1 Å². The second-order valence-corrected chi connectivity index (χ2v) is 7.90. The van der Waals surface area contributed by atoms with Crippen LogP contribution in [-0.2, 0) is 23.4 Å². The Kier molecular flexibility index (Phi) is 5.27. The highest BCUT2D eigenvalue weighted by atomic mass is 16.3. The molecule has 0 aliphatic carbocycles. The van der Waals surface area contributed by atoms with Gasteiger partial charge >= 0.3 is 0 Å². The number of carbonyl (C=O) groups excluding carboxylic acids is 2. The van der Waals surface area contributed by atoms with Crippen LogP contribution in [0.4, 0.5) is 5.69 Å². The van der Waals surface area contributed by atoms with Crippen LogP contribution in [0.25, 0.3) is 0 Å². The van der Waals surface area contributed by atoms with E-state index in [9.17, 15) is 14.7 Å². The van der Waals surface area contributed by atoms with E-state index in [1.54, 1.807) is 29.2 Å². The highest BCUT2D eigenvalue weighted by Crippen LogP contribution is 2.43. The summed E-state index contributed by atoms with van der Waals surface area (Å²) in [5.41, 5.74) is 3.03. The number of rotatable bonds is 6. The predicted octanol–water partition coefficient (Wildman–Crippen LogP) is 4.56. The number of nitrogens with zero attached hydrogens (tertiary/aromatic N) is 1. The normalized spacial score (nSPS) is 17.8. The lowest BCUT2D eigenvalue weighted by Gasteiger charge is -2.23. The Bertz CT molecular complexity index is 1090. The van der Waals surface area contributed by atoms with E-state index >= 15 is 0 Å². The highest BCUT2D eigenvalue weighted by Gasteiger charge is 2.50. The van der Waals surface area contributed by atoms with Gasteiger partial charge in [-0.25, -0.2) is 0 Å². The van der Waals surface area contributed by atoms with Crippen molar-refractivity contribution in [3.63, 3.8) is 0 Å². The molecule has 3 aromatic rings. The molecule has 1 heterocycles. The molecular weight excluding hydrogens is 374 g/mol. The average molecular weight is 399 g/mol. The molecule has 4 nitrogen and oxygen atoms in total. The first kappa shape index (κ1) is 20.0. The van der Waals surface area contributed by atoms with E-state index in [2.05, 4.69) is 6.92 Å². The predicted molar refractivity (Wildman–Crippen MR) is 117 cm³/mol. The first-order chi connectivity index (χ1) is 14.4. The maximum absolute atomic E-state index is 13.3. The molecule has 0 saturated carbocycles. The molecule has 0 fully saturated rings. The summed E-state index contributed by atoms with van der Waals surface area (Å²) in [6.07, 6.45) is 0.608. The van der Waals surface area contributed by atoms with Crippen molar-refractivity contribution in [3.05, 3.63) is 101 Å². The molecule has 4 rings (SSSR count). The third-order valence-electron chi connectivity index (χ3n) is 5.80. The Balaban J connectivity index is 1.64. The number of benzene rings is 3. The molecule has 1 amide bonds. The van der Waals surface area contributed by atoms with Crippen LogP contribution in [0.2, 0.25) is 0 Å². The molecule has 1 N–H and O–H groups in total. The smallest absolute Gasteiger partial charge is 0.264 e. The summed E-state index contributed by atoms with van der Waals surface area (Å²) in [4.78, 5) is 27.9. The standard InChI is InChI=1S/C26H25NO3/c1-3-19-12-14-21(15-13-19)24(28)16-26(30)22-6-4-5-7-23(22)27(25(26)29)17-20-10-8-18(2)9-11-20/h4-15,30H,3,16-17H2,1-2H3/t26-/m0/s1. The zero-order chi connectivity index (χ0) is 21.3. The molecule has 1 aliphatic rings. The lowest BCUT2D eigenvalue weighted by Crippen LogP contribution is -2.41. The van der Waals surface area contributed by atoms with Gasteiger partial charge in [-0.2, -0.15) is 0 Å². The van der Waals surface area contributed by atoms with Crippen molar-refractivity contribution >= 4 is 17.4 Å². The molecule has 0 aromatic heterocycles. The molecule has 1 aliphatic heterocycles. The van der Waals surface area contributed by atoms with Crippen molar-refractivity contribution < 1.29 is 14.7 Å². The van der Waals surface area contributed by atoms with E-state index < -0.39 is 11.5 Å².